The highest BCUT2D eigenvalue weighted by molar-refractivity contribution is 5.81. The molecule has 0 unspecified atom stereocenters. The summed E-state index contributed by atoms with van der Waals surface area (Å²) in [6, 6.07) is 66.4. The molecule has 0 aliphatic heterocycles. The van der Waals surface area contributed by atoms with E-state index in [2.05, 4.69) is 36.4 Å². The van der Waals surface area contributed by atoms with Crippen molar-refractivity contribution in [1.29, 1.82) is 0 Å². The normalized spacial score (nSPS) is 11.9. The van der Waals surface area contributed by atoms with Crippen molar-refractivity contribution in [2.45, 2.75) is 0 Å². The van der Waals surface area contributed by atoms with Crippen molar-refractivity contribution in [1.82, 2.24) is 0 Å². The lowest BCUT2D eigenvalue weighted by molar-refractivity contribution is 0.472. The van der Waals surface area contributed by atoms with Crippen LogP contribution in [-0.2, 0) is 0 Å². The molecule has 7 rings (SSSR count). The van der Waals surface area contributed by atoms with Crippen molar-refractivity contribution in [2.75, 3.05) is 0 Å². The van der Waals surface area contributed by atoms with E-state index < -0.39 is 0 Å². The van der Waals surface area contributed by atoms with Gasteiger partial charge in [0.15, 0.2) is 0 Å². The van der Waals surface area contributed by atoms with E-state index in [9.17, 15) is 0 Å². The first-order chi connectivity index (χ1) is 25.2. The summed E-state index contributed by atoms with van der Waals surface area (Å²) in [7, 11) is 0. The predicted molar refractivity (Wildman–Crippen MR) is 211 cm³/mol. The van der Waals surface area contributed by atoms with E-state index in [0.29, 0.717) is 34.5 Å². The van der Waals surface area contributed by atoms with Crippen LogP contribution in [0.3, 0.4) is 0 Å². The van der Waals surface area contributed by atoms with Gasteiger partial charge in [-0.3, -0.25) is 0 Å². The van der Waals surface area contributed by atoms with Crippen molar-refractivity contribution >= 4 is 35.5 Å². The highest BCUT2D eigenvalue weighted by atomic mass is 16.5. The molecule has 0 aliphatic carbocycles. The molecule has 51 heavy (non-hydrogen) atoms. The van der Waals surface area contributed by atoms with Gasteiger partial charge in [-0.25, -0.2) is 0 Å². The molecule has 7 aromatic rings. The molecule has 0 heterocycles. The maximum Gasteiger partial charge on any atom is 0.135 e. The molecule has 0 saturated carbocycles. The largest absolute Gasteiger partial charge is 0.456 e. The fourth-order valence-corrected chi connectivity index (χ4v) is 5.53. The van der Waals surface area contributed by atoms with Gasteiger partial charge in [-0.1, -0.05) is 182 Å². The molecule has 0 atom stereocenters. The summed E-state index contributed by atoms with van der Waals surface area (Å²) in [4.78, 5) is 0. The monoisotopic (exact) mass is 660 g/mol. The fourth-order valence-electron chi connectivity index (χ4n) is 5.53. The van der Waals surface area contributed by atoms with Gasteiger partial charge in [-0.15, -0.1) is 0 Å². The Hall–Kier alpha value is -6.84. The van der Waals surface area contributed by atoms with Gasteiger partial charge in [0.25, 0.3) is 0 Å². The van der Waals surface area contributed by atoms with Gasteiger partial charge in [0, 0.05) is 34.9 Å². The molecule has 0 aliphatic rings. The smallest absolute Gasteiger partial charge is 0.135 e. The quantitative estimate of drug-likeness (QED) is 0.0964. The fraction of sp³-hybridized carbons (Fsp3) is 0. The van der Waals surface area contributed by atoms with Gasteiger partial charge >= 0.3 is 0 Å². The standard InChI is InChI=1S/C48H36O3/c1-7-19-37(20-8-1)31-46(40-25-13-4-14-26-40)49-43-34-44(50-47(41-27-15-5-16-28-41)32-38-21-9-2-10-22-38)36-45(35-43)51-48(42-29-17-6-18-30-42)33-39-23-11-3-12-24-39/h1-36H/b46-31-,47-32-,48-33-. The molecular formula is C48H36O3. The van der Waals surface area contributed by atoms with Gasteiger partial charge in [-0.2, -0.15) is 0 Å². The second-order valence-corrected chi connectivity index (χ2v) is 11.8. The third kappa shape index (κ3) is 9.20. The minimum atomic E-state index is 0.563. The second-order valence-electron chi connectivity index (χ2n) is 11.8. The van der Waals surface area contributed by atoms with E-state index in [-0.39, 0.29) is 0 Å². The Kier molecular flexibility index (Phi) is 10.6. The number of hydrogen-bond acceptors (Lipinski definition) is 3. The minimum Gasteiger partial charge on any atom is -0.456 e. The van der Waals surface area contributed by atoms with Gasteiger partial charge in [-0.05, 0) is 34.9 Å². The zero-order valence-electron chi connectivity index (χ0n) is 28.0. The zero-order valence-corrected chi connectivity index (χ0v) is 28.0. The number of ether oxygens (including phenoxy) is 3. The Morgan fingerprint density at radius 1 is 0.275 bits per heavy atom. The average molecular weight is 661 g/mol. The third-order valence-corrected chi connectivity index (χ3v) is 8.00. The van der Waals surface area contributed by atoms with E-state index >= 15 is 0 Å². The molecule has 0 N–H and O–H groups in total. The summed E-state index contributed by atoms with van der Waals surface area (Å²) in [5.74, 6) is 3.76. The van der Waals surface area contributed by atoms with Crippen LogP contribution in [-0.4, -0.2) is 0 Å². The summed E-state index contributed by atoms with van der Waals surface area (Å²) in [6.45, 7) is 0. The van der Waals surface area contributed by atoms with Gasteiger partial charge in [0.05, 0.1) is 0 Å². The Balaban J connectivity index is 1.34. The molecule has 0 bridgehead atoms. The molecule has 0 spiro atoms. The van der Waals surface area contributed by atoms with E-state index in [0.717, 1.165) is 33.4 Å². The molecule has 0 radical (unpaired) electrons. The Labute approximate surface area is 299 Å². The zero-order chi connectivity index (χ0) is 34.5. The van der Waals surface area contributed by atoms with Gasteiger partial charge in [0.1, 0.15) is 34.5 Å². The van der Waals surface area contributed by atoms with E-state index in [1.807, 2.05) is 182 Å². The van der Waals surface area contributed by atoms with Crippen LogP contribution < -0.4 is 14.2 Å². The summed E-state index contributed by atoms with van der Waals surface area (Å²) in [5, 5.41) is 0. The molecule has 3 nitrogen and oxygen atoms in total. The van der Waals surface area contributed by atoms with Crippen molar-refractivity contribution in [3.63, 3.8) is 0 Å². The van der Waals surface area contributed by atoms with Crippen LogP contribution in [0.15, 0.2) is 200 Å². The van der Waals surface area contributed by atoms with Crippen LogP contribution >= 0.6 is 0 Å². The van der Waals surface area contributed by atoms with Crippen LogP contribution in [0, 0.1) is 0 Å². The maximum atomic E-state index is 6.76. The highest BCUT2D eigenvalue weighted by Crippen LogP contribution is 2.36. The number of hydrogen-bond donors (Lipinski definition) is 0. The maximum absolute atomic E-state index is 6.76. The summed E-state index contributed by atoms with van der Waals surface area (Å²) in [5.41, 5.74) is 5.90. The van der Waals surface area contributed by atoms with E-state index in [4.69, 9.17) is 14.2 Å². The Morgan fingerprint density at radius 2 is 0.490 bits per heavy atom. The van der Waals surface area contributed by atoms with Crippen LogP contribution in [0.2, 0.25) is 0 Å². The lowest BCUT2D eigenvalue weighted by Crippen LogP contribution is -2.00. The average Bonchev–Trinajstić information content (AvgIpc) is 3.19. The lowest BCUT2D eigenvalue weighted by Gasteiger charge is -2.17. The van der Waals surface area contributed by atoms with Crippen LogP contribution in [0.25, 0.3) is 35.5 Å². The molecular weight excluding hydrogens is 625 g/mol. The summed E-state index contributed by atoms with van der Waals surface area (Å²) in [6.07, 6.45) is 6.12. The topological polar surface area (TPSA) is 27.7 Å². The first-order valence-corrected chi connectivity index (χ1v) is 16.9. The third-order valence-electron chi connectivity index (χ3n) is 8.00. The Morgan fingerprint density at radius 3 is 0.725 bits per heavy atom. The van der Waals surface area contributed by atoms with Crippen molar-refractivity contribution in [3.05, 3.63) is 234 Å². The second kappa shape index (κ2) is 16.5. The number of rotatable bonds is 12. The molecule has 246 valence electrons. The number of benzene rings is 7. The lowest BCUT2D eigenvalue weighted by atomic mass is 10.1. The summed E-state index contributed by atoms with van der Waals surface area (Å²) < 4.78 is 20.3. The van der Waals surface area contributed by atoms with Crippen molar-refractivity contribution < 1.29 is 14.2 Å². The highest BCUT2D eigenvalue weighted by Gasteiger charge is 2.14. The van der Waals surface area contributed by atoms with Crippen molar-refractivity contribution in [3.8, 4) is 17.2 Å². The van der Waals surface area contributed by atoms with Crippen LogP contribution in [0.5, 0.6) is 17.2 Å². The van der Waals surface area contributed by atoms with Gasteiger partial charge < -0.3 is 14.2 Å². The first-order valence-electron chi connectivity index (χ1n) is 16.9. The molecule has 0 amide bonds. The van der Waals surface area contributed by atoms with Gasteiger partial charge in [0.2, 0.25) is 0 Å². The molecule has 3 heteroatoms. The van der Waals surface area contributed by atoms with Crippen LogP contribution in [0.1, 0.15) is 33.4 Å². The predicted octanol–water partition coefficient (Wildman–Crippen LogP) is 12.4. The van der Waals surface area contributed by atoms with E-state index in [1.165, 1.54) is 0 Å². The van der Waals surface area contributed by atoms with E-state index in [1.54, 1.807) is 0 Å². The van der Waals surface area contributed by atoms with Crippen LogP contribution in [0.4, 0.5) is 0 Å². The SMILES string of the molecule is C(=C(/Oc1cc(O/C(=C\c2ccccc2)c2ccccc2)cc(O/C(=C\c2ccccc2)c2ccccc2)c1)c1ccccc1)/c1ccccc1. The van der Waals surface area contributed by atoms with Crippen molar-refractivity contribution in [2.24, 2.45) is 0 Å². The first kappa shape index (κ1) is 32.7. The Bertz CT molecular complexity index is 1950. The molecule has 0 saturated heterocycles. The minimum absolute atomic E-state index is 0.563. The molecule has 0 aromatic heterocycles. The molecule has 0 fully saturated rings. The molecule has 7 aromatic carbocycles. The summed E-state index contributed by atoms with van der Waals surface area (Å²) >= 11 is 0.